The molecule has 2 rings (SSSR count). The molecule has 0 heterocycles. The van der Waals surface area contributed by atoms with E-state index in [4.69, 9.17) is 5.73 Å². The van der Waals surface area contributed by atoms with Crippen molar-refractivity contribution in [2.45, 2.75) is 19.4 Å². The normalized spacial score (nSPS) is 11.2. The van der Waals surface area contributed by atoms with E-state index in [9.17, 15) is 22.8 Å². The van der Waals surface area contributed by atoms with Gasteiger partial charge < -0.3 is 11.1 Å². The lowest BCUT2D eigenvalue weighted by Crippen LogP contribution is -2.52. The lowest BCUT2D eigenvalue weighted by atomic mass is 10.0. The van der Waals surface area contributed by atoms with Gasteiger partial charge in [-0.15, -0.1) is 0 Å². The predicted octanol–water partition coefficient (Wildman–Crippen LogP) is 2.76. The number of amides is 2. The fraction of sp³-hybridized carbons (Fsp3) is 0.176. The van der Waals surface area contributed by atoms with E-state index in [0.717, 1.165) is 12.1 Å². The van der Waals surface area contributed by atoms with E-state index in [1.807, 2.05) is 0 Å². The first-order valence-corrected chi connectivity index (χ1v) is 6.99. The number of carbonyl (C=O) groups is 2. The molecule has 7 heteroatoms. The first-order valence-electron chi connectivity index (χ1n) is 6.99. The molecule has 2 amide bonds. The monoisotopic (exact) mass is 336 g/mol. The van der Waals surface area contributed by atoms with Crippen molar-refractivity contribution in [3.05, 3.63) is 59.4 Å². The molecule has 0 spiro atoms. The molecule has 0 aromatic heterocycles. The smallest absolute Gasteiger partial charge is 0.252 e. The Hall–Kier alpha value is -2.83. The fourth-order valence-corrected chi connectivity index (χ4v) is 1.95. The highest BCUT2D eigenvalue weighted by Crippen LogP contribution is 2.24. The molecule has 0 bridgehead atoms. The van der Waals surface area contributed by atoms with Gasteiger partial charge in [0.2, 0.25) is 5.91 Å². The zero-order valence-corrected chi connectivity index (χ0v) is 13.0. The summed E-state index contributed by atoms with van der Waals surface area (Å²) in [4.78, 5) is 23.3. The molecule has 0 fully saturated rings. The number of rotatable bonds is 4. The first-order chi connectivity index (χ1) is 11.1. The van der Waals surface area contributed by atoms with Gasteiger partial charge in [-0.2, -0.15) is 0 Å². The van der Waals surface area contributed by atoms with E-state index < -0.39 is 34.8 Å². The Labute approximate surface area is 136 Å². The van der Waals surface area contributed by atoms with Gasteiger partial charge in [0.1, 0.15) is 5.54 Å². The maximum Gasteiger partial charge on any atom is 0.252 e. The summed E-state index contributed by atoms with van der Waals surface area (Å²) < 4.78 is 39.5. The Morgan fingerprint density at radius 1 is 0.958 bits per heavy atom. The van der Waals surface area contributed by atoms with Crippen LogP contribution in [-0.2, 0) is 4.79 Å². The molecule has 0 aliphatic rings. The molecule has 2 aromatic carbocycles. The molecule has 0 radical (unpaired) electrons. The zero-order valence-electron chi connectivity index (χ0n) is 13.0. The summed E-state index contributed by atoms with van der Waals surface area (Å²) in [6.07, 6.45) is 0. The standard InChI is InChI=1S/C17H15F3N2O2/c1-17(2,16(21)24)22-15(23)10-5-3-9(4-6-10)11-7-12(18)14(20)13(19)8-11/h3-8H,1-2H3,(H2,21,24)(H,22,23). The summed E-state index contributed by atoms with van der Waals surface area (Å²) in [7, 11) is 0. The van der Waals surface area contributed by atoms with Crippen molar-refractivity contribution in [3.8, 4) is 11.1 Å². The minimum absolute atomic E-state index is 0.135. The minimum Gasteiger partial charge on any atom is -0.368 e. The molecule has 0 aliphatic carbocycles. The second-order valence-corrected chi connectivity index (χ2v) is 5.77. The summed E-state index contributed by atoms with van der Waals surface area (Å²) in [5.41, 5.74) is 4.73. The summed E-state index contributed by atoms with van der Waals surface area (Å²) in [5, 5.41) is 2.47. The Bertz CT molecular complexity index is 779. The summed E-state index contributed by atoms with van der Waals surface area (Å²) in [6, 6.07) is 7.48. The third-order valence-corrected chi connectivity index (χ3v) is 3.51. The second-order valence-electron chi connectivity index (χ2n) is 5.77. The van der Waals surface area contributed by atoms with Crippen LogP contribution >= 0.6 is 0 Å². The van der Waals surface area contributed by atoms with Gasteiger partial charge in [-0.05, 0) is 49.2 Å². The third kappa shape index (κ3) is 3.56. The van der Waals surface area contributed by atoms with Crippen molar-refractivity contribution in [1.82, 2.24) is 5.32 Å². The number of halogens is 3. The van der Waals surface area contributed by atoms with E-state index >= 15 is 0 Å². The third-order valence-electron chi connectivity index (χ3n) is 3.51. The van der Waals surface area contributed by atoms with Crippen molar-refractivity contribution in [2.24, 2.45) is 5.73 Å². The minimum atomic E-state index is -1.54. The molecule has 0 unspecified atom stereocenters. The number of carbonyl (C=O) groups excluding carboxylic acids is 2. The lowest BCUT2D eigenvalue weighted by Gasteiger charge is -2.22. The maximum atomic E-state index is 13.3. The van der Waals surface area contributed by atoms with Crippen molar-refractivity contribution >= 4 is 11.8 Å². The van der Waals surface area contributed by atoms with E-state index in [-0.39, 0.29) is 11.1 Å². The van der Waals surface area contributed by atoms with Crippen LogP contribution in [0.3, 0.4) is 0 Å². The van der Waals surface area contributed by atoms with E-state index in [1.165, 1.54) is 38.1 Å². The largest absolute Gasteiger partial charge is 0.368 e. The highest BCUT2D eigenvalue weighted by molar-refractivity contribution is 5.98. The molecule has 2 aromatic rings. The van der Waals surface area contributed by atoms with Crippen LogP contribution in [0.25, 0.3) is 11.1 Å². The van der Waals surface area contributed by atoms with Crippen LogP contribution in [0.15, 0.2) is 36.4 Å². The van der Waals surface area contributed by atoms with Crippen LogP contribution in [0.2, 0.25) is 0 Å². The Morgan fingerprint density at radius 2 is 1.46 bits per heavy atom. The van der Waals surface area contributed by atoms with Gasteiger partial charge >= 0.3 is 0 Å². The predicted molar refractivity (Wildman–Crippen MR) is 82.5 cm³/mol. The molecular weight excluding hydrogens is 321 g/mol. The molecule has 0 aliphatic heterocycles. The van der Waals surface area contributed by atoms with Crippen molar-refractivity contribution in [3.63, 3.8) is 0 Å². The van der Waals surface area contributed by atoms with Crippen molar-refractivity contribution in [2.75, 3.05) is 0 Å². The van der Waals surface area contributed by atoms with Crippen molar-refractivity contribution in [1.29, 1.82) is 0 Å². The Morgan fingerprint density at radius 3 is 1.92 bits per heavy atom. The SMILES string of the molecule is CC(C)(NC(=O)c1ccc(-c2cc(F)c(F)c(F)c2)cc1)C(N)=O. The summed E-state index contributed by atoms with van der Waals surface area (Å²) in [5.74, 6) is -5.35. The van der Waals surface area contributed by atoms with E-state index in [0.29, 0.717) is 5.56 Å². The quantitative estimate of drug-likeness (QED) is 0.843. The average Bonchev–Trinajstić information content (AvgIpc) is 2.51. The highest BCUT2D eigenvalue weighted by atomic mass is 19.2. The van der Waals surface area contributed by atoms with Crippen LogP contribution in [0.1, 0.15) is 24.2 Å². The van der Waals surface area contributed by atoms with Crippen LogP contribution in [-0.4, -0.2) is 17.4 Å². The number of benzene rings is 2. The Balaban J connectivity index is 2.25. The number of primary amides is 1. The number of nitrogens with two attached hydrogens (primary N) is 1. The molecule has 4 nitrogen and oxygen atoms in total. The van der Waals surface area contributed by atoms with Crippen LogP contribution < -0.4 is 11.1 Å². The van der Waals surface area contributed by atoms with Gasteiger partial charge in [0, 0.05) is 5.56 Å². The number of hydrogen-bond donors (Lipinski definition) is 2. The molecule has 126 valence electrons. The molecule has 24 heavy (non-hydrogen) atoms. The van der Waals surface area contributed by atoms with Gasteiger partial charge in [-0.1, -0.05) is 12.1 Å². The van der Waals surface area contributed by atoms with Gasteiger partial charge in [0.25, 0.3) is 5.91 Å². The summed E-state index contributed by atoms with van der Waals surface area (Å²) >= 11 is 0. The fourth-order valence-electron chi connectivity index (χ4n) is 1.95. The average molecular weight is 336 g/mol. The maximum absolute atomic E-state index is 13.3. The number of nitrogens with one attached hydrogen (secondary N) is 1. The molecule has 3 N–H and O–H groups in total. The zero-order chi connectivity index (χ0) is 18.1. The van der Waals surface area contributed by atoms with Gasteiger partial charge in [0.05, 0.1) is 0 Å². The topological polar surface area (TPSA) is 72.2 Å². The molecule has 0 atom stereocenters. The van der Waals surface area contributed by atoms with E-state index in [2.05, 4.69) is 5.32 Å². The number of hydrogen-bond acceptors (Lipinski definition) is 2. The Kier molecular flexibility index (Phi) is 4.64. The van der Waals surface area contributed by atoms with Gasteiger partial charge in [-0.25, -0.2) is 13.2 Å². The van der Waals surface area contributed by atoms with Crippen molar-refractivity contribution < 1.29 is 22.8 Å². The van der Waals surface area contributed by atoms with Crippen LogP contribution in [0.4, 0.5) is 13.2 Å². The highest BCUT2D eigenvalue weighted by Gasteiger charge is 2.27. The van der Waals surface area contributed by atoms with Gasteiger partial charge in [0.15, 0.2) is 17.5 Å². The van der Waals surface area contributed by atoms with Gasteiger partial charge in [-0.3, -0.25) is 9.59 Å². The lowest BCUT2D eigenvalue weighted by molar-refractivity contribution is -0.122. The summed E-state index contributed by atoms with van der Waals surface area (Å²) in [6.45, 7) is 2.93. The van der Waals surface area contributed by atoms with E-state index in [1.54, 1.807) is 0 Å². The first kappa shape index (κ1) is 17.5. The second kappa shape index (κ2) is 6.35. The van der Waals surface area contributed by atoms with Crippen LogP contribution in [0.5, 0.6) is 0 Å². The van der Waals surface area contributed by atoms with Crippen LogP contribution in [0, 0.1) is 17.5 Å². The molecular formula is C17H15F3N2O2. The molecule has 0 saturated carbocycles. The molecule has 0 saturated heterocycles.